The number of aliphatic hydroxyl groups is 1. The first-order chi connectivity index (χ1) is 24.1. The Labute approximate surface area is 287 Å². The van der Waals surface area contributed by atoms with E-state index in [9.17, 15) is 34.5 Å². The van der Waals surface area contributed by atoms with E-state index in [1.807, 2.05) is 24.3 Å². The van der Waals surface area contributed by atoms with Crippen molar-refractivity contribution in [2.24, 2.45) is 0 Å². The first-order valence-corrected chi connectivity index (χ1v) is 16.0. The molecule has 1 aliphatic heterocycles. The van der Waals surface area contributed by atoms with Crippen molar-refractivity contribution < 1.29 is 34.4 Å². The predicted molar refractivity (Wildman–Crippen MR) is 185 cm³/mol. The number of pyridine rings is 1. The molecular weight excluding hydrogens is 640 g/mol. The molecule has 0 radical (unpaired) electrons. The smallest absolute Gasteiger partial charge is 0.317 e. The van der Waals surface area contributed by atoms with Gasteiger partial charge in [-0.1, -0.05) is 48.5 Å². The Balaban J connectivity index is 1.01. The quantitative estimate of drug-likeness (QED) is 0.115. The largest absolute Gasteiger partial charge is 0.506 e. The van der Waals surface area contributed by atoms with Crippen LogP contribution < -0.4 is 20.9 Å². The van der Waals surface area contributed by atoms with E-state index in [4.69, 9.17) is 4.74 Å². The van der Waals surface area contributed by atoms with Crippen LogP contribution in [0.4, 0.5) is 0 Å². The molecule has 50 heavy (non-hydrogen) atoms. The van der Waals surface area contributed by atoms with Crippen molar-refractivity contribution in [3.8, 4) is 11.5 Å². The average Bonchev–Trinajstić information content (AvgIpc) is 3.11. The minimum atomic E-state index is -1.13. The van der Waals surface area contributed by atoms with E-state index in [2.05, 4.69) is 15.6 Å². The minimum absolute atomic E-state index is 0.0644. The third-order valence-electron chi connectivity index (χ3n) is 9.06. The molecule has 0 spiro atoms. The number of likely N-dealkylation sites (tertiary alicyclic amines) is 1. The summed E-state index contributed by atoms with van der Waals surface area (Å²) in [5.41, 5.74) is 2.36. The van der Waals surface area contributed by atoms with E-state index in [0.717, 1.165) is 11.1 Å². The van der Waals surface area contributed by atoms with Crippen LogP contribution in [0.5, 0.6) is 11.5 Å². The first kappa shape index (κ1) is 33.9. The van der Waals surface area contributed by atoms with Gasteiger partial charge < -0.3 is 40.6 Å². The average molecular weight is 677 g/mol. The highest BCUT2D eigenvalue weighted by Gasteiger charge is 2.52. The SMILES string of the molecule is COc1cc(CNC(=O)c2ccc(C(=O)N3CC(C(=O)O)(c4ccccc4)C3)cc2)ccc1CNCC(O)c1ccc(O)c2[nH]c(=O)ccc12. The molecule has 2 heterocycles. The van der Waals surface area contributed by atoms with Gasteiger partial charge in [-0.2, -0.15) is 0 Å². The van der Waals surface area contributed by atoms with Crippen LogP contribution in [-0.2, 0) is 23.3 Å². The molecule has 1 unspecified atom stereocenters. The third kappa shape index (κ3) is 6.79. The summed E-state index contributed by atoms with van der Waals surface area (Å²) in [4.78, 5) is 53.8. The number of phenols is 1. The van der Waals surface area contributed by atoms with Crippen molar-refractivity contribution in [3.05, 3.63) is 141 Å². The zero-order chi connectivity index (χ0) is 35.4. The number of carbonyl (C=O) groups excluding carboxylic acids is 2. The van der Waals surface area contributed by atoms with Crippen LogP contribution >= 0.6 is 0 Å². The Morgan fingerprint density at radius 2 is 1.64 bits per heavy atom. The number of aromatic nitrogens is 1. The van der Waals surface area contributed by atoms with Crippen LogP contribution in [0.2, 0.25) is 0 Å². The van der Waals surface area contributed by atoms with Crippen molar-refractivity contribution in [3.63, 3.8) is 0 Å². The fraction of sp³-hybridized carbons (Fsp3) is 0.211. The summed E-state index contributed by atoms with van der Waals surface area (Å²) in [5, 5.41) is 37.5. The molecule has 1 fully saturated rings. The second-order valence-corrected chi connectivity index (χ2v) is 12.3. The van der Waals surface area contributed by atoms with Gasteiger partial charge in [-0.3, -0.25) is 19.2 Å². The highest BCUT2D eigenvalue weighted by atomic mass is 16.5. The summed E-state index contributed by atoms with van der Waals surface area (Å²) in [6.07, 6.45) is -0.913. The molecular formula is C38H36N4O8. The molecule has 256 valence electrons. The Morgan fingerprint density at radius 3 is 2.34 bits per heavy atom. The number of carbonyl (C=O) groups is 3. The van der Waals surface area contributed by atoms with Gasteiger partial charge in [-0.05, 0) is 59.2 Å². The van der Waals surface area contributed by atoms with Gasteiger partial charge in [0.1, 0.15) is 16.9 Å². The fourth-order valence-corrected chi connectivity index (χ4v) is 6.23. The second-order valence-electron chi connectivity index (χ2n) is 12.3. The van der Waals surface area contributed by atoms with Gasteiger partial charge in [0.25, 0.3) is 11.8 Å². The Bertz CT molecular complexity index is 2110. The number of ether oxygens (including phenoxy) is 1. The molecule has 0 aliphatic carbocycles. The van der Waals surface area contributed by atoms with E-state index in [0.29, 0.717) is 39.9 Å². The van der Waals surface area contributed by atoms with Crippen molar-refractivity contribution in [1.29, 1.82) is 0 Å². The van der Waals surface area contributed by atoms with Gasteiger partial charge in [0.05, 0.1) is 18.7 Å². The standard InChI is InChI=1S/C38H36N4O8/c1-50-32-17-23(7-8-26(32)19-39-20-31(44)28-13-15-30(43)34-29(28)14-16-33(45)41-34)18-40-35(46)24-9-11-25(12-10-24)36(47)42-21-38(22-42,37(48)49)27-5-3-2-4-6-27/h2-17,31,39,43-44H,18-22H2,1H3,(H,40,46)(H,41,45)(H,48,49). The van der Waals surface area contributed by atoms with Crippen molar-refractivity contribution in [2.45, 2.75) is 24.6 Å². The second kappa shape index (κ2) is 14.2. The number of aliphatic hydroxyl groups excluding tert-OH is 1. The maximum absolute atomic E-state index is 13.1. The maximum atomic E-state index is 13.1. The monoisotopic (exact) mass is 676 g/mol. The number of H-pyrrole nitrogens is 1. The molecule has 2 amide bonds. The van der Waals surface area contributed by atoms with Crippen LogP contribution in [0.25, 0.3) is 10.9 Å². The molecule has 0 bridgehead atoms. The minimum Gasteiger partial charge on any atom is -0.506 e. The topological polar surface area (TPSA) is 181 Å². The molecule has 1 aromatic heterocycles. The lowest BCUT2D eigenvalue weighted by molar-refractivity contribution is -0.149. The van der Waals surface area contributed by atoms with Gasteiger partial charge in [0.2, 0.25) is 5.56 Å². The first-order valence-electron chi connectivity index (χ1n) is 16.0. The fourth-order valence-electron chi connectivity index (χ4n) is 6.23. The lowest BCUT2D eigenvalue weighted by Gasteiger charge is -2.47. The van der Waals surface area contributed by atoms with E-state index in [-0.39, 0.29) is 54.8 Å². The highest BCUT2D eigenvalue weighted by Crippen LogP contribution is 2.36. The molecule has 1 aliphatic rings. The lowest BCUT2D eigenvalue weighted by atomic mass is 9.73. The summed E-state index contributed by atoms with van der Waals surface area (Å²) >= 11 is 0. The summed E-state index contributed by atoms with van der Waals surface area (Å²) in [5.74, 6) is -1.08. The number of nitrogens with one attached hydrogen (secondary N) is 3. The van der Waals surface area contributed by atoms with E-state index >= 15 is 0 Å². The number of amides is 2. The van der Waals surface area contributed by atoms with Crippen molar-refractivity contribution in [2.75, 3.05) is 26.7 Å². The molecule has 6 N–H and O–H groups in total. The Morgan fingerprint density at radius 1 is 0.920 bits per heavy atom. The summed E-state index contributed by atoms with van der Waals surface area (Å²) in [6, 6.07) is 26.7. The molecule has 5 aromatic rings. The third-order valence-corrected chi connectivity index (χ3v) is 9.06. The number of rotatable bonds is 12. The number of aromatic amines is 1. The van der Waals surface area contributed by atoms with Gasteiger partial charge in [-0.15, -0.1) is 0 Å². The van der Waals surface area contributed by atoms with Crippen LogP contribution in [0.3, 0.4) is 0 Å². The molecule has 6 rings (SSSR count). The number of benzene rings is 4. The number of carboxylic acid groups (broad SMARTS) is 1. The zero-order valence-corrected chi connectivity index (χ0v) is 27.2. The number of hydrogen-bond donors (Lipinski definition) is 6. The number of methoxy groups -OCH3 is 1. The number of hydrogen-bond acceptors (Lipinski definition) is 8. The Kier molecular flexibility index (Phi) is 9.66. The molecule has 1 atom stereocenters. The van der Waals surface area contributed by atoms with Crippen LogP contribution in [-0.4, -0.2) is 69.7 Å². The number of fused-ring (bicyclic) bond motifs is 1. The zero-order valence-electron chi connectivity index (χ0n) is 27.2. The van der Waals surface area contributed by atoms with E-state index in [1.165, 1.54) is 17.0 Å². The molecule has 12 nitrogen and oxygen atoms in total. The van der Waals surface area contributed by atoms with Gasteiger partial charge >= 0.3 is 5.97 Å². The number of aliphatic carboxylic acids is 1. The van der Waals surface area contributed by atoms with E-state index < -0.39 is 17.5 Å². The molecule has 4 aromatic carbocycles. The summed E-state index contributed by atoms with van der Waals surface area (Å²) in [7, 11) is 1.55. The van der Waals surface area contributed by atoms with Crippen LogP contribution in [0, 0.1) is 0 Å². The normalized spacial score (nSPS) is 14.1. The molecule has 12 heteroatoms. The highest BCUT2D eigenvalue weighted by molar-refractivity contribution is 5.99. The van der Waals surface area contributed by atoms with Crippen molar-refractivity contribution in [1.82, 2.24) is 20.5 Å². The van der Waals surface area contributed by atoms with Crippen molar-refractivity contribution >= 4 is 28.7 Å². The number of phenolic OH excluding ortho intramolecular Hbond substituents is 1. The number of carboxylic acids is 1. The van der Waals surface area contributed by atoms with Crippen LogP contribution in [0.1, 0.15) is 49.1 Å². The summed E-state index contributed by atoms with van der Waals surface area (Å²) in [6.45, 7) is 0.928. The summed E-state index contributed by atoms with van der Waals surface area (Å²) < 4.78 is 5.58. The predicted octanol–water partition coefficient (Wildman–Crippen LogP) is 3.47. The van der Waals surface area contributed by atoms with Gasteiger partial charge in [0, 0.05) is 60.9 Å². The van der Waals surface area contributed by atoms with E-state index in [1.54, 1.807) is 67.8 Å². The van der Waals surface area contributed by atoms with Crippen LogP contribution in [0.15, 0.2) is 102 Å². The molecule has 1 saturated heterocycles. The lowest BCUT2D eigenvalue weighted by Crippen LogP contribution is -2.65. The van der Waals surface area contributed by atoms with Gasteiger partial charge in [-0.25, -0.2) is 0 Å². The number of aromatic hydroxyl groups is 1. The maximum Gasteiger partial charge on any atom is 0.317 e. The molecule has 0 saturated carbocycles. The number of nitrogens with zero attached hydrogens (tertiary/aromatic N) is 1. The Hall–Kier alpha value is -5.98. The van der Waals surface area contributed by atoms with Gasteiger partial charge in [0.15, 0.2) is 0 Å².